The molecule has 2 aliphatic rings. The summed E-state index contributed by atoms with van der Waals surface area (Å²) in [5.74, 6) is 0.728. The van der Waals surface area contributed by atoms with Gasteiger partial charge in [0.15, 0.2) is 0 Å². The molecule has 1 unspecified atom stereocenters. The van der Waals surface area contributed by atoms with Crippen LogP contribution in [0.25, 0.3) is 0 Å². The minimum atomic E-state index is -0.0669. The molecule has 0 aromatic carbocycles. The van der Waals surface area contributed by atoms with E-state index in [9.17, 15) is 0 Å². The minimum Gasteiger partial charge on any atom is -0.381 e. The summed E-state index contributed by atoms with van der Waals surface area (Å²) in [7, 11) is 0. The highest BCUT2D eigenvalue weighted by atomic mass is 16.5. The van der Waals surface area contributed by atoms with Gasteiger partial charge in [0.05, 0.1) is 5.60 Å². The molecular formula is C17H33NO2. The maximum atomic E-state index is 6.62. The fraction of sp³-hybridized carbons (Fsp3) is 1.00. The number of rotatable bonds is 5. The van der Waals surface area contributed by atoms with Crippen molar-refractivity contribution in [3.63, 3.8) is 0 Å². The highest BCUT2D eigenvalue weighted by Gasteiger charge is 2.43. The summed E-state index contributed by atoms with van der Waals surface area (Å²) >= 11 is 0. The molecule has 1 aliphatic carbocycles. The van der Waals surface area contributed by atoms with Crippen LogP contribution in [0, 0.1) is 11.3 Å². The van der Waals surface area contributed by atoms with Gasteiger partial charge >= 0.3 is 0 Å². The Morgan fingerprint density at radius 2 is 1.75 bits per heavy atom. The van der Waals surface area contributed by atoms with Gasteiger partial charge in [-0.25, -0.2) is 0 Å². The number of nitrogens with two attached hydrogens (primary N) is 1. The lowest BCUT2D eigenvalue weighted by atomic mass is 9.67. The summed E-state index contributed by atoms with van der Waals surface area (Å²) < 4.78 is 11.7. The lowest BCUT2D eigenvalue weighted by Gasteiger charge is -2.47. The van der Waals surface area contributed by atoms with E-state index in [1.54, 1.807) is 0 Å². The molecule has 118 valence electrons. The molecule has 0 bridgehead atoms. The second kappa shape index (κ2) is 6.76. The van der Waals surface area contributed by atoms with E-state index >= 15 is 0 Å². The fourth-order valence-corrected chi connectivity index (χ4v) is 3.82. The van der Waals surface area contributed by atoms with Crippen LogP contribution in [-0.2, 0) is 9.47 Å². The van der Waals surface area contributed by atoms with Gasteiger partial charge in [0.2, 0.25) is 0 Å². The molecule has 2 rings (SSSR count). The smallest absolute Gasteiger partial charge is 0.0832 e. The molecule has 1 saturated carbocycles. The van der Waals surface area contributed by atoms with Crippen LogP contribution in [0.3, 0.4) is 0 Å². The number of ether oxygens (including phenoxy) is 2. The van der Waals surface area contributed by atoms with Crippen LogP contribution in [0.1, 0.15) is 65.7 Å². The molecule has 1 atom stereocenters. The summed E-state index contributed by atoms with van der Waals surface area (Å²) in [6, 6.07) is 0.182. The standard InChI is InChI=1S/C17H33NO2/c1-4-20-17(9-7-16(2,3)8-10-17)15(18)13-14-5-11-19-12-6-14/h14-15H,4-13,18H2,1-3H3. The molecule has 0 aromatic heterocycles. The van der Waals surface area contributed by atoms with Crippen molar-refractivity contribution in [1.29, 1.82) is 0 Å². The van der Waals surface area contributed by atoms with Gasteiger partial charge in [0.1, 0.15) is 0 Å². The molecule has 1 aliphatic heterocycles. The topological polar surface area (TPSA) is 44.5 Å². The van der Waals surface area contributed by atoms with E-state index in [1.165, 1.54) is 25.7 Å². The first-order valence-electron chi connectivity index (χ1n) is 8.45. The summed E-state index contributed by atoms with van der Waals surface area (Å²) in [5.41, 5.74) is 7.01. The summed E-state index contributed by atoms with van der Waals surface area (Å²) in [6.07, 6.45) is 8.14. The Morgan fingerprint density at radius 1 is 1.15 bits per heavy atom. The van der Waals surface area contributed by atoms with Crippen LogP contribution in [0.4, 0.5) is 0 Å². The van der Waals surface area contributed by atoms with Gasteiger partial charge in [-0.2, -0.15) is 0 Å². The van der Waals surface area contributed by atoms with Crippen molar-refractivity contribution in [3.8, 4) is 0 Å². The quantitative estimate of drug-likeness (QED) is 0.840. The summed E-state index contributed by atoms with van der Waals surface area (Å²) in [6.45, 7) is 9.43. The average molecular weight is 283 g/mol. The largest absolute Gasteiger partial charge is 0.381 e. The minimum absolute atomic E-state index is 0.0669. The Hall–Kier alpha value is -0.120. The van der Waals surface area contributed by atoms with Crippen LogP contribution in [0.2, 0.25) is 0 Å². The molecule has 3 nitrogen and oxygen atoms in total. The summed E-state index contributed by atoms with van der Waals surface area (Å²) in [5, 5.41) is 0. The van der Waals surface area contributed by atoms with Crippen molar-refractivity contribution in [3.05, 3.63) is 0 Å². The van der Waals surface area contributed by atoms with Crippen molar-refractivity contribution >= 4 is 0 Å². The van der Waals surface area contributed by atoms with E-state index < -0.39 is 0 Å². The third-order valence-electron chi connectivity index (χ3n) is 5.49. The molecule has 20 heavy (non-hydrogen) atoms. The van der Waals surface area contributed by atoms with Crippen LogP contribution < -0.4 is 5.73 Å². The molecule has 0 spiro atoms. The van der Waals surface area contributed by atoms with Crippen molar-refractivity contribution in [2.24, 2.45) is 17.1 Å². The van der Waals surface area contributed by atoms with Crippen molar-refractivity contribution < 1.29 is 9.47 Å². The number of hydrogen-bond acceptors (Lipinski definition) is 3. The Labute approximate surface area is 124 Å². The van der Waals surface area contributed by atoms with Crippen molar-refractivity contribution in [1.82, 2.24) is 0 Å². The third kappa shape index (κ3) is 3.96. The monoisotopic (exact) mass is 283 g/mol. The Balaban J connectivity index is 1.96. The maximum absolute atomic E-state index is 6.62. The molecule has 0 radical (unpaired) electrons. The predicted molar refractivity (Wildman–Crippen MR) is 82.7 cm³/mol. The second-order valence-electron chi connectivity index (χ2n) is 7.56. The SMILES string of the molecule is CCOC1(C(N)CC2CCOCC2)CCC(C)(C)CC1. The van der Waals surface area contributed by atoms with E-state index in [1.807, 2.05) is 0 Å². The molecule has 0 aromatic rings. The first-order valence-corrected chi connectivity index (χ1v) is 8.45. The molecular weight excluding hydrogens is 250 g/mol. The van der Waals surface area contributed by atoms with E-state index in [0.717, 1.165) is 45.0 Å². The molecule has 1 heterocycles. The molecule has 1 saturated heterocycles. The van der Waals surface area contributed by atoms with Gasteiger partial charge in [-0.05, 0) is 63.2 Å². The zero-order chi connectivity index (χ0) is 14.6. The highest BCUT2D eigenvalue weighted by Crippen LogP contribution is 2.44. The molecule has 3 heteroatoms. The normalized spacial score (nSPS) is 28.2. The van der Waals surface area contributed by atoms with Gasteiger partial charge in [-0.3, -0.25) is 0 Å². The lowest BCUT2D eigenvalue weighted by molar-refractivity contribution is -0.104. The first-order chi connectivity index (χ1) is 9.47. The fourth-order valence-electron chi connectivity index (χ4n) is 3.82. The van der Waals surface area contributed by atoms with Gasteiger partial charge in [0, 0.05) is 25.9 Å². The second-order valence-corrected chi connectivity index (χ2v) is 7.56. The zero-order valence-electron chi connectivity index (χ0n) is 13.6. The molecule has 2 N–H and O–H groups in total. The third-order valence-corrected chi connectivity index (χ3v) is 5.49. The highest BCUT2D eigenvalue weighted by molar-refractivity contribution is 4.98. The predicted octanol–water partition coefficient (Wildman–Crippen LogP) is 3.51. The lowest BCUT2D eigenvalue weighted by Crippen LogP contribution is -2.54. The van der Waals surface area contributed by atoms with Crippen LogP contribution in [-0.4, -0.2) is 31.5 Å². The maximum Gasteiger partial charge on any atom is 0.0832 e. The number of hydrogen-bond donors (Lipinski definition) is 1. The van der Waals surface area contributed by atoms with Gasteiger partial charge < -0.3 is 15.2 Å². The van der Waals surface area contributed by atoms with Crippen molar-refractivity contribution in [2.75, 3.05) is 19.8 Å². The molecule has 2 fully saturated rings. The van der Waals surface area contributed by atoms with Gasteiger partial charge in [-0.1, -0.05) is 13.8 Å². The Kier molecular flexibility index (Phi) is 5.49. The zero-order valence-corrected chi connectivity index (χ0v) is 13.6. The van der Waals surface area contributed by atoms with Gasteiger partial charge in [0.25, 0.3) is 0 Å². The van der Waals surface area contributed by atoms with Crippen LogP contribution >= 0.6 is 0 Å². The average Bonchev–Trinajstić information content (AvgIpc) is 2.43. The van der Waals surface area contributed by atoms with Crippen LogP contribution in [0.15, 0.2) is 0 Å². The van der Waals surface area contributed by atoms with E-state index in [2.05, 4.69) is 20.8 Å². The van der Waals surface area contributed by atoms with E-state index in [4.69, 9.17) is 15.2 Å². The Morgan fingerprint density at radius 3 is 2.30 bits per heavy atom. The summed E-state index contributed by atoms with van der Waals surface area (Å²) in [4.78, 5) is 0. The van der Waals surface area contributed by atoms with Gasteiger partial charge in [-0.15, -0.1) is 0 Å². The first kappa shape index (κ1) is 16.3. The van der Waals surface area contributed by atoms with Crippen molar-refractivity contribution in [2.45, 2.75) is 77.4 Å². The van der Waals surface area contributed by atoms with E-state index in [-0.39, 0.29) is 11.6 Å². The van der Waals surface area contributed by atoms with E-state index in [0.29, 0.717) is 5.41 Å². The Bertz CT molecular complexity index is 287. The van der Waals surface area contributed by atoms with Crippen LogP contribution in [0.5, 0.6) is 0 Å². The molecule has 0 amide bonds.